The van der Waals surface area contributed by atoms with E-state index in [0.29, 0.717) is 24.8 Å². The van der Waals surface area contributed by atoms with E-state index in [1.165, 1.54) is 0 Å². The summed E-state index contributed by atoms with van der Waals surface area (Å²) in [7, 11) is 0. The van der Waals surface area contributed by atoms with Gasteiger partial charge in [0.1, 0.15) is 11.5 Å². The molecule has 2 N–H and O–H groups in total. The van der Waals surface area contributed by atoms with Crippen molar-refractivity contribution in [1.82, 2.24) is 10.3 Å². The largest absolute Gasteiger partial charge is 0.478 e. The molecule has 0 aliphatic carbocycles. The van der Waals surface area contributed by atoms with E-state index in [0.717, 1.165) is 22.8 Å². The van der Waals surface area contributed by atoms with E-state index in [2.05, 4.69) is 36.4 Å². The third-order valence-corrected chi connectivity index (χ3v) is 4.40. The Hall–Kier alpha value is -2.34. The summed E-state index contributed by atoms with van der Waals surface area (Å²) in [6.07, 6.45) is 2.01. The molecule has 25 heavy (non-hydrogen) atoms. The summed E-state index contributed by atoms with van der Waals surface area (Å²) in [5.41, 5.74) is 1.81. The zero-order valence-electron chi connectivity index (χ0n) is 15.1. The van der Waals surface area contributed by atoms with E-state index in [4.69, 9.17) is 9.15 Å². The molecule has 1 amide bonds. The fraction of sp³-hybridized carbons (Fsp3) is 0.474. The van der Waals surface area contributed by atoms with Crippen LogP contribution in [0.3, 0.4) is 0 Å². The van der Waals surface area contributed by atoms with Crippen LogP contribution >= 0.6 is 0 Å². The second-order valence-corrected chi connectivity index (χ2v) is 6.67. The van der Waals surface area contributed by atoms with Crippen LogP contribution in [0.2, 0.25) is 0 Å². The van der Waals surface area contributed by atoms with Crippen LogP contribution in [-0.4, -0.2) is 17.0 Å². The van der Waals surface area contributed by atoms with Crippen LogP contribution < -0.4 is 15.4 Å². The number of carbonyl (C=O) groups is 1. The van der Waals surface area contributed by atoms with E-state index in [-0.39, 0.29) is 11.9 Å². The highest BCUT2D eigenvalue weighted by Gasteiger charge is 2.26. The van der Waals surface area contributed by atoms with Gasteiger partial charge in [-0.25, -0.2) is 4.98 Å². The molecule has 1 aliphatic rings. The predicted molar refractivity (Wildman–Crippen MR) is 95.6 cm³/mol. The third-order valence-electron chi connectivity index (χ3n) is 4.40. The minimum Gasteiger partial charge on any atom is -0.478 e. The van der Waals surface area contributed by atoms with Crippen molar-refractivity contribution in [3.05, 3.63) is 41.6 Å². The zero-order valence-corrected chi connectivity index (χ0v) is 15.1. The minimum atomic E-state index is -0.423. The Labute approximate surface area is 148 Å². The lowest BCUT2D eigenvalue weighted by molar-refractivity contribution is -0.123. The highest BCUT2D eigenvalue weighted by Crippen LogP contribution is 2.33. The second kappa shape index (κ2) is 7.27. The molecule has 134 valence electrons. The van der Waals surface area contributed by atoms with Crippen molar-refractivity contribution in [1.29, 1.82) is 0 Å². The van der Waals surface area contributed by atoms with Crippen LogP contribution in [0.25, 0.3) is 0 Å². The molecule has 1 aliphatic heterocycles. The number of ether oxygens (including phenoxy) is 1. The van der Waals surface area contributed by atoms with E-state index >= 15 is 0 Å². The number of anilines is 1. The fourth-order valence-corrected chi connectivity index (χ4v) is 2.73. The number of nitrogens with one attached hydrogen (secondary N) is 2. The lowest BCUT2D eigenvalue weighted by atomic mass is 10.1. The number of aromatic nitrogens is 1. The van der Waals surface area contributed by atoms with Crippen LogP contribution in [0.1, 0.15) is 63.3 Å². The third kappa shape index (κ3) is 3.85. The van der Waals surface area contributed by atoms with Gasteiger partial charge in [0.25, 0.3) is 5.91 Å². The van der Waals surface area contributed by atoms with Crippen molar-refractivity contribution in [2.75, 3.05) is 5.32 Å². The smallest absolute Gasteiger partial charge is 0.265 e. The van der Waals surface area contributed by atoms with Crippen LogP contribution in [0.4, 0.5) is 5.69 Å². The highest BCUT2D eigenvalue weighted by atomic mass is 16.5. The average Bonchev–Trinajstić information content (AvgIpc) is 3.08. The molecule has 1 aromatic carbocycles. The maximum atomic E-state index is 11.9. The van der Waals surface area contributed by atoms with E-state index < -0.39 is 6.10 Å². The van der Waals surface area contributed by atoms with Crippen molar-refractivity contribution >= 4 is 11.6 Å². The molecule has 0 unspecified atom stereocenters. The Kier molecular flexibility index (Phi) is 5.08. The summed E-state index contributed by atoms with van der Waals surface area (Å²) in [6, 6.07) is 5.95. The van der Waals surface area contributed by atoms with Crippen LogP contribution in [0.15, 0.2) is 28.8 Å². The molecule has 2 aromatic rings. The van der Waals surface area contributed by atoms with E-state index in [9.17, 15) is 4.79 Å². The molecule has 0 saturated heterocycles. The van der Waals surface area contributed by atoms with Gasteiger partial charge < -0.3 is 19.8 Å². The number of hydrogen-bond acceptors (Lipinski definition) is 5. The topological polar surface area (TPSA) is 76.4 Å². The summed E-state index contributed by atoms with van der Waals surface area (Å²) in [5, 5.41) is 6.30. The number of benzene rings is 1. The summed E-state index contributed by atoms with van der Waals surface area (Å²) >= 11 is 0. The van der Waals surface area contributed by atoms with Crippen molar-refractivity contribution < 1.29 is 13.9 Å². The minimum absolute atomic E-state index is 0.0845. The molecule has 0 radical (unpaired) electrons. The number of oxazole rings is 1. The van der Waals surface area contributed by atoms with Crippen molar-refractivity contribution in [3.8, 4) is 5.75 Å². The Bertz CT molecular complexity index is 754. The second-order valence-electron chi connectivity index (χ2n) is 6.67. The molecule has 0 saturated carbocycles. The van der Waals surface area contributed by atoms with Gasteiger partial charge in [0.05, 0.1) is 18.4 Å². The maximum Gasteiger partial charge on any atom is 0.265 e. The Morgan fingerprint density at radius 3 is 2.80 bits per heavy atom. The molecule has 6 nitrogen and oxygen atoms in total. The van der Waals surface area contributed by atoms with Crippen molar-refractivity contribution in [2.24, 2.45) is 0 Å². The molecule has 0 fully saturated rings. The first-order chi connectivity index (χ1) is 12.0. The first-order valence-electron chi connectivity index (χ1n) is 8.77. The van der Waals surface area contributed by atoms with Gasteiger partial charge in [0, 0.05) is 12.0 Å². The molecule has 0 bridgehead atoms. The molecular formula is C19H25N3O3. The lowest BCUT2D eigenvalue weighted by Gasteiger charge is -2.26. The molecule has 2 heterocycles. The Balaban J connectivity index is 1.66. The van der Waals surface area contributed by atoms with Gasteiger partial charge in [-0.15, -0.1) is 0 Å². The Morgan fingerprint density at radius 1 is 1.32 bits per heavy atom. The molecule has 0 spiro atoms. The summed E-state index contributed by atoms with van der Waals surface area (Å²) < 4.78 is 11.5. The fourth-order valence-electron chi connectivity index (χ4n) is 2.73. The molecule has 3 rings (SSSR count). The SMILES string of the molecule is CC[C@H]1Oc2cc([C@H](C)NCc3ncc(C(C)C)o3)ccc2NC1=O. The standard InChI is InChI=1S/C19H25N3O3/c1-5-15-19(23)22-14-7-6-13(8-16(14)24-15)12(4)20-10-18-21-9-17(25-18)11(2)3/h6-9,11-12,15,20H,5,10H2,1-4H3,(H,22,23)/t12-,15+/m0/s1. The first-order valence-corrected chi connectivity index (χ1v) is 8.77. The average molecular weight is 343 g/mol. The predicted octanol–water partition coefficient (Wildman–Crippen LogP) is 3.76. The van der Waals surface area contributed by atoms with E-state index in [1.54, 1.807) is 6.20 Å². The van der Waals surface area contributed by atoms with Crippen LogP contribution in [-0.2, 0) is 11.3 Å². The first kappa shape index (κ1) is 17.5. The summed E-state index contributed by atoms with van der Waals surface area (Å²) in [5.74, 6) is 2.55. The number of nitrogens with zero attached hydrogens (tertiary/aromatic N) is 1. The van der Waals surface area contributed by atoms with Gasteiger partial charge in [0.15, 0.2) is 6.10 Å². The number of hydrogen-bond donors (Lipinski definition) is 2. The quantitative estimate of drug-likeness (QED) is 0.835. The lowest BCUT2D eigenvalue weighted by Crippen LogP contribution is -2.36. The van der Waals surface area contributed by atoms with Gasteiger partial charge in [-0.2, -0.15) is 0 Å². The molecule has 6 heteroatoms. The van der Waals surface area contributed by atoms with Gasteiger partial charge in [-0.1, -0.05) is 26.8 Å². The van der Waals surface area contributed by atoms with Gasteiger partial charge in [-0.3, -0.25) is 4.79 Å². The molecular weight excluding hydrogens is 318 g/mol. The number of carbonyl (C=O) groups excluding carboxylic acids is 1. The van der Waals surface area contributed by atoms with Crippen molar-refractivity contribution in [3.63, 3.8) is 0 Å². The maximum absolute atomic E-state index is 11.9. The Morgan fingerprint density at radius 2 is 2.12 bits per heavy atom. The summed E-state index contributed by atoms with van der Waals surface area (Å²) in [4.78, 5) is 16.2. The molecule has 1 aromatic heterocycles. The molecule has 2 atom stereocenters. The number of rotatable bonds is 6. The number of amides is 1. The normalized spacial score (nSPS) is 17.8. The van der Waals surface area contributed by atoms with Crippen LogP contribution in [0.5, 0.6) is 5.75 Å². The van der Waals surface area contributed by atoms with Crippen LogP contribution in [0, 0.1) is 0 Å². The van der Waals surface area contributed by atoms with Gasteiger partial charge in [-0.05, 0) is 31.0 Å². The monoisotopic (exact) mass is 343 g/mol. The highest BCUT2D eigenvalue weighted by molar-refractivity contribution is 5.97. The van der Waals surface area contributed by atoms with E-state index in [1.807, 2.05) is 25.1 Å². The van der Waals surface area contributed by atoms with Gasteiger partial charge in [0.2, 0.25) is 5.89 Å². The van der Waals surface area contributed by atoms with Crippen molar-refractivity contribution in [2.45, 2.75) is 58.7 Å². The van der Waals surface area contributed by atoms with Gasteiger partial charge >= 0.3 is 0 Å². The summed E-state index contributed by atoms with van der Waals surface area (Å²) in [6.45, 7) is 8.73. The zero-order chi connectivity index (χ0) is 18.0. The number of fused-ring (bicyclic) bond motifs is 1.